The minimum Gasteiger partial charge on any atom is -0.860 e. The van der Waals surface area contributed by atoms with Gasteiger partial charge in [-0.15, -0.1) is 0 Å². The molecule has 0 amide bonds. The van der Waals surface area contributed by atoms with Crippen LogP contribution in [-0.4, -0.2) is 59.3 Å². The zero-order valence-corrected chi connectivity index (χ0v) is 24.5. The van der Waals surface area contributed by atoms with Gasteiger partial charge in [0, 0.05) is 52.6 Å². The van der Waals surface area contributed by atoms with Gasteiger partial charge in [0.2, 0.25) is 5.96 Å². The van der Waals surface area contributed by atoms with Gasteiger partial charge in [0.15, 0.2) is 6.17 Å². The molecule has 2 aromatic carbocycles. The number of likely N-dealkylation sites (tertiary alicyclic amines) is 1. The van der Waals surface area contributed by atoms with Gasteiger partial charge in [-0.25, -0.2) is 14.4 Å². The fraction of sp³-hybridized carbons (Fsp3) is 0.303. The fourth-order valence-electron chi connectivity index (χ4n) is 5.93. The average Bonchev–Trinajstić information content (AvgIpc) is 3.02. The number of benzene rings is 2. The second-order valence-electron chi connectivity index (χ2n) is 10.7. The molecule has 0 bridgehead atoms. The lowest BCUT2D eigenvalue weighted by Gasteiger charge is -2.41. The number of nitrogens with zero attached hydrogens (tertiary/aromatic N) is 5. The number of piperidine rings is 1. The van der Waals surface area contributed by atoms with E-state index in [1.54, 1.807) is 23.5 Å². The Morgan fingerprint density at radius 3 is 2.57 bits per heavy atom. The number of aromatic nitrogens is 1. The molecule has 1 unspecified atom stereocenters. The molecule has 1 fully saturated rings. The minimum atomic E-state index is -0.535. The Hall–Kier alpha value is -4.01. The van der Waals surface area contributed by atoms with Crippen molar-refractivity contribution in [3.63, 3.8) is 0 Å². The maximum absolute atomic E-state index is 15.2. The van der Waals surface area contributed by atoms with E-state index in [2.05, 4.69) is 27.1 Å². The number of nitrogens with one attached hydrogen (secondary N) is 1. The van der Waals surface area contributed by atoms with Crippen LogP contribution in [0.2, 0.25) is 5.02 Å². The maximum Gasteiger partial charge on any atom is 0.224 e. The van der Waals surface area contributed by atoms with Crippen LogP contribution in [0.25, 0.3) is 16.7 Å². The predicted octanol–water partition coefficient (Wildman–Crippen LogP) is 5.91. The van der Waals surface area contributed by atoms with E-state index in [4.69, 9.17) is 16.6 Å². The molecule has 4 heterocycles. The first-order valence-electron chi connectivity index (χ1n) is 14.5. The number of anilines is 1. The van der Waals surface area contributed by atoms with Crippen LogP contribution in [0.4, 0.5) is 10.1 Å². The largest absolute Gasteiger partial charge is 0.860 e. The van der Waals surface area contributed by atoms with Crippen LogP contribution >= 0.6 is 11.6 Å². The molecule has 1 aromatic heterocycles. The molecule has 216 valence electrons. The topological polar surface area (TPSA) is 79.2 Å². The van der Waals surface area contributed by atoms with E-state index in [1.165, 1.54) is 6.07 Å². The summed E-state index contributed by atoms with van der Waals surface area (Å²) < 4.78 is 15.2. The summed E-state index contributed by atoms with van der Waals surface area (Å²) in [4.78, 5) is 17.5. The number of fused-ring (bicyclic) bond motifs is 1. The predicted molar refractivity (Wildman–Crippen MR) is 166 cm³/mol. The molecular formula is C33H33ClFN6O-. The van der Waals surface area contributed by atoms with Gasteiger partial charge in [0.1, 0.15) is 5.82 Å². The molecule has 3 aliphatic rings. The Bertz CT molecular complexity index is 1590. The molecule has 3 aromatic rings. The third-order valence-corrected chi connectivity index (χ3v) is 8.61. The first kappa shape index (κ1) is 28.1. The van der Waals surface area contributed by atoms with Gasteiger partial charge >= 0.3 is 0 Å². The Labute approximate surface area is 250 Å². The molecule has 1 saturated heterocycles. The van der Waals surface area contributed by atoms with E-state index in [1.807, 2.05) is 55.5 Å². The molecule has 9 heteroatoms. The number of allylic oxidation sites excluding steroid dienone is 2. The Morgan fingerprint density at radius 2 is 1.88 bits per heavy atom. The van der Waals surface area contributed by atoms with Crippen LogP contribution in [0.1, 0.15) is 43.7 Å². The second-order valence-corrected chi connectivity index (χ2v) is 11.1. The van der Waals surface area contributed by atoms with E-state index < -0.39 is 6.17 Å². The third-order valence-electron chi connectivity index (χ3n) is 8.30. The number of hydrogen-bond acceptors (Lipinski definition) is 7. The van der Waals surface area contributed by atoms with Crippen LogP contribution in [0.5, 0.6) is 0 Å². The lowest BCUT2D eigenvalue weighted by Crippen LogP contribution is -2.44. The number of halogens is 2. The zero-order valence-electron chi connectivity index (χ0n) is 23.7. The van der Waals surface area contributed by atoms with E-state index in [-0.39, 0.29) is 17.6 Å². The summed E-state index contributed by atoms with van der Waals surface area (Å²) in [6.07, 6.45) is 8.41. The van der Waals surface area contributed by atoms with Crippen molar-refractivity contribution in [3.05, 3.63) is 100 Å². The smallest absolute Gasteiger partial charge is 0.224 e. The molecular weight excluding hydrogens is 551 g/mol. The maximum atomic E-state index is 15.2. The van der Waals surface area contributed by atoms with Gasteiger partial charge in [-0.2, -0.15) is 0 Å². The van der Waals surface area contributed by atoms with Crippen molar-refractivity contribution in [1.29, 1.82) is 0 Å². The third kappa shape index (κ3) is 5.56. The number of aliphatic imine (C=N–C) groups is 2. The summed E-state index contributed by atoms with van der Waals surface area (Å²) in [5.74, 6) is 0.181. The molecule has 0 radical (unpaired) electrons. The Kier molecular flexibility index (Phi) is 8.09. The van der Waals surface area contributed by atoms with Gasteiger partial charge in [0.05, 0.1) is 0 Å². The highest BCUT2D eigenvalue weighted by atomic mass is 35.5. The number of hydrogen-bond donors (Lipinski definition) is 1. The number of pyridine rings is 1. The zero-order chi connectivity index (χ0) is 29.2. The van der Waals surface area contributed by atoms with Crippen molar-refractivity contribution in [3.8, 4) is 11.1 Å². The minimum absolute atomic E-state index is 0.162. The van der Waals surface area contributed by atoms with E-state index in [9.17, 15) is 5.11 Å². The van der Waals surface area contributed by atoms with Gasteiger partial charge in [-0.05, 0) is 98.2 Å². The van der Waals surface area contributed by atoms with Crippen molar-refractivity contribution in [2.75, 3.05) is 31.5 Å². The van der Waals surface area contributed by atoms with Crippen LogP contribution in [0.3, 0.4) is 0 Å². The fourth-order valence-corrected chi connectivity index (χ4v) is 6.21. The van der Waals surface area contributed by atoms with Gasteiger partial charge in [-0.1, -0.05) is 42.8 Å². The highest BCUT2D eigenvalue weighted by Crippen LogP contribution is 2.36. The highest BCUT2D eigenvalue weighted by Gasteiger charge is 2.29. The Morgan fingerprint density at radius 1 is 1.05 bits per heavy atom. The lowest BCUT2D eigenvalue weighted by molar-refractivity contribution is -0.333. The summed E-state index contributed by atoms with van der Waals surface area (Å²) in [6, 6.07) is 14.7. The van der Waals surface area contributed by atoms with Gasteiger partial charge in [0.25, 0.3) is 0 Å². The SMILES string of the molecule is CCN1CCC(c2ccc(NC3=NC4C(=CC(c5ccc(-c6cccnc6)cc5Cl)=C([O-])N4CC)C=N3)cc2F)CC1. The standard InChI is InChI=1S/C33H34ClFN6O/c1-3-40-14-11-21(12-15-40)26-10-8-25(18-30(26)35)38-33-37-20-24-16-28(32(42)41(4-2)31(24)39-33)27-9-7-22(17-29(27)34)23-6-5-13-36-19-23/h5-10,13,16-21,31,42H,3-4,11-12,14-15H2,1-2H3,(H,38,39)/p-1. The van der Waals surface area contributed by atoms with Gasteiger partial charge in [-0.3, -0.25) is 4.98 Å². The average molecular weight is 584 g/mol. The first-order valence-corrected chi connectivity index (χ1v) is 14.8. The van der Waals surface area contributed by atoms with Crippen LogP contribution in [0.15, 0.2) is 88.4 Å². The van der Waals surface area contributed by atoms with E-state index in [0.717, 1.165) is 54.7 Å². The summed E-state index contributed by atoms with van der Waals surface area (Å²) in [5, 5.41) is 17.3. The van der Waals surface area contributed by atoms with Crippen LogP contribution in [-0.2, 0) is 0 Å². The normalized spacial score (nSPS) is 19.4. The number of rotatable bonds is 6. The van der Waals surface area contributed by atoms with Crippen LogP contribution < -0.4 is 10.4 Å². The van der Waals surface area contributed by atoms with Crippen molar-refractivity contribution in [2.45, 2.75) is 38.8 Å². The quantitative estimate of drug-likeness (QED) is 0.390. The van der Waals surface area contributed by atoms with E-state index >= 15 is 4.39 Å². The Balaban J connectivity index is 1.20. The number of likely N-dealkylation sites (N-methyl/N-ethyl adjacent to an activating group) is 1. The lowest BCUT2D eigenvalue weighted by atomic mass is 9.89. The monoisotopic (exact) mass is 583 g/mol. The van der Waals surface area contributed by atoms with Crippen LogP contribution in [0, 0.1) is 5.82 Å². The first-order chi connectivity index (χ1) is 20.4. The summed E-state index contributed by atoms with van der Waals surface area (Å²) in [6.45, 7) is 7.55. The molecule has 6 rings (SSSR count). The molecule has 42 heavy (non-hydrogen) atoms. The molecule has 7 nitrogen and oxygen atoms in total. The van der Waals surface area contributed by atoms with Crippen molar-refractivity contribution >= 4 is 35.0 Å². The van der Waals surface area contributed by atoms with Crippen molar-refractivity contribution in [1.82, 2.24) is 14.8 Å². The molecule has 3 aliphatic heterocycles. The van der Waals surface area contributed by atoms with Gasteiger partial charge < -0.3 is 20.2 Å². The number of guanidine groups is 1. The highest BCUT2D eigenvalue weighted by molar-refractivity contribution is 6.33. The molecule has 0 saturated carbocycles. The van der Waals surface area contributed by atoms with E-state index in [0.29, 0.717) is 34.4 Å². The molecule has 1 atom stereocenters. The summed E-state index contributed by atoms with van der Waals surface area (Å²) in [5.41, 5.74) is 5.13. The molecule has 1 N–H and O–H groups in total. The summed E-state index contributed by atoms with van der Waals surface area (Å²) >= 11 is 6.70. The molecule has 0 aliphatic carbocycles. The second kappa shape index (κ2) is 12.1. The van der Waals surface area contributed by atoms with Crippen molar-refractivity contribution in [2.24, 2.45) is 9.98 Å². The summed E-state index contributed by atoms with van der Waals surface area (Å²) in [7, 11) is 0. The van der Waals surface area contributed by atoms with Crippen molar-refractivity contribution < 1.29 is 9.50 Å². The molecule has 0 spiro atoms.